The molecule has 1 rings (SSSR count). The molecule has 6 nitrogen and oxygen atoms in total. The second kappa shape index (κ2) is 3.72. The van der Waals surface area contributed by atoms with Crippen LogP contribution < -0.4 is 5.84 Å². The molecule has 0 saturated carbocycles. The maximum Gasteiger partial charge on any atom is 0.176 e. The van der Waals surface area contributed by atoms with Gasteiger partial charge in [0, 0.05) is 5.56 Å². The summed E-state index contributed by atoms with van der Waals surface area (Å²) in [5.74, 6) is 5.04. The number of hydrazine groups is 2. The number of nitro groups is 1. The standard InChI is InChI=1S/C7H9N3O3/c8-9(10(12)13)5-6-3-1-2-4-7(6)11/h1-4,11H,5,8H2. The molecule has 0 spiro atoms. The lowest BCUT2D eigenvalue weighted by atomic mass is 10.2. The summed E-state index contributed by atoms with van der Waals surface area (Å²) in [7, 11) is 0. The molecule has 0 unspecified atom stereocenters. The van der Waals surface area contributed by atoms with E-state index in [1.165, 1.54) is 6.07 Å². The van der Waals surface area contributed by atoms with Gasteiger partial charge in [0.05, 0.1) is 0 Å². The number of phenols is 1. The average Bonchev–Trinajstić information content (AvgIpc) is 2.08. The average molecular weight is 183 g/mol. The molecule has 1 aromatic carbocycles. The first-order valence-corrected chi connectivity index (χ1v) is 3.54. The fourth-order valence-corrected chi connectivity index (χ4v) is 0.877. The largest absolute Gasteiger partial charge is 0.508 e. The van der Waals surface area contributed by atoms with Crippen molar-refractivity contribution in [1.82, 2.24) is 5.12 Å². The van der Waals surface area contributed by atoms with Gasteiger partial charge in [0.15, 0.2) is 5.03 Å². The summed E-state index contributed by atoms with van der Waals surface area (Å²) in [5.41, 5.74) is 0.418. The van der Waals surface area contributed by atoms with Crippen LogP contribution in [0.15, 0.2) is 24.3 Å². The summed E-state index contributed by atoms with van der Waals surface area (Å²) in [4.78, 5) is 10.1. The summed E-state index contributed by atoms with van der Waals surface area (Å²) >= 11 is 0. The first kappa shape index (κ1) is 9.27. The number of nitrogens with zero attached hydrogens (tertiary/aromatic N) is 2. The normalized spacial score (nSPS) is 9.62. The molecule has 0 amide bonds. The van der Waals surface area contributed by atoms with Crippen LogP contribution in [0.3, 0.4) is 0 Å². The number of para-hydroxylation sites is 1. The van der Waals surface area contributed by atoms with Crippen molar-refractivity contribution in [2.24, 2.45) is 5.84 Å². The molecule has 6 heteroatoms. The van der Waals surface area contributed by atoms with Gasteiger partial charge < -0.3 is 5.11 Å². The van der Waals surface area contributed by atoms with E-state index in [9.17, 15) is 15.2 Å². The lowest BCUT2D eigenvalue weighted by Gasteiger charge is -2.08. The van der Waals surface area contributed by atoms with E-state index in [0.29, 0.717) is 10.7 Å². The van der Waals surface area contributed by atoms with Crippen LogP contribution in [-0.4, -0.2) is 15.3 Å². The van der Waals surface area contributed by atoms with Gasteiger partial charge in [0.1, 0.15) is 12.3 Å². The molecule has 0 radical (unpaired) electrons. The maximum atomic E-state index is 10.1. The van der Waals surface area contributed by atoms with E-state index in [1.807, 2.05) is 0 Å². The number of hydrogen-bond donors (Lipinski definition) is 2. The van der Waals surface area contributed by atoms with Gasteiger partial charge in [-0.05, 0) is 6.07 Å². The van der Waals surface area contributed by atoms with Crippen LogP contribution in [0.25, 0.3) is 0 Å². The molecular weight excluding hydrogens is 174 g/mol. The zero-order valence-electron chi connectivity index (χ0n) is 6.75. The third-order valence-corrected chi connectivity index (χ3v) is 1.53. The fourth-order valence-electron chi connectivity index (χ4n) is 0.877. The van der Waals surface area contributed by atoms with E-state index in [0.717, 1.165) is 0 Å². The maximum absolute atomic E-state index is 10.1. The molecular formula is C7H9N3O3. The molecule has 0 aromatic heterocycles. The van der Waals surface area contributed by atoms with Crippen molar-refractivity contribution in [3.8, 4) is 5.75 Å². The Balaban J connectivity index is 2.74. The van der Waals surface area contributed by atoms with Crippen LogP contribution in [0.2, 0.25) is 0 Å². The van der Waals surface area contributed by atoms with Crippen LogP contribution in [0.4, 0.5) is 0 Å². The van der Waals surface area contributed by atoms with Crippen LogP contribution in [0, 0.1) is 10.1 Å². The van der Waals surface area contributed by atoms with Gasteiger partial charge in [-0.2, -0.15) is 5.84 Å². The SMILES string of the molecule is NN(Cc1ccccc1O)[N+](=O)[O-]. The molecule has 0 aliphatic carbocycles. The highest BCUT2D eigenvalue weighted by molar-refractivity contribution is 5.31. The monoisotopic (exact) mass is 183 g/mol. The first-order chi connectivity index (χ1) is 6.11. The van der Waals surface area contributed by atoms with Crippen molar-refractivity contribution in [3.05, 3.63) is 39.9 Å². The number of benzene rings is 1. The summed E-state index contributed by atoms with van der Waals surface area (Å²) in [5, 5.41) is 19.0. The van der Waals surface area contributed by atoms with Crippen molar-refractivity contribution >= 4 is 0 Å². The Kier molecular flexibility index (Phi) is 2.65. The van der Waals surface area contributed by atoms with Gasteiger partial charge in [-0.25, -0.2) is 10.1 Å². The van der Waals surface area contributed by atoms with Gasteiger partial charge in [-0.3, -0.25) is 0 Å². The highest BCUT2D eigenvalue weighted by atomic mass is 16.7. The minimum Gasteiger partial charge on any atom is -0.508 e. The molecule has 0 aliphatic heterocycles. The minimum atomic E-state index is -0.744. The predicted octanol–water partition coefficient (Wildman–Crippen LogP) is 0.260. The third-order valence-electron chi connectivity index (χ3n) is 1.53. The zero-order chi connectivity index (χ0) is 9.84. The lowest BCUT2D eigenvalue weighted by Crippen LogP contribution is -2.35. The Bertz CT molecular complexity index is 316. The summed E-state index contributed by atoms with van der Waals surface area (Å²) in [6.07, 6.45) is 0. The quantitative estimate of drug-likeness (QED) is 0.398. The Hall–Kier alpha value is -1.82. The van der Waals surface area contributed by atoms with E-state index in [1.54, 1.807) is 18.2 Å². The highest BCUT2D eigenvalue weighted by Crippen LogP contribution is 2.16. The van der Waals surface area contributed by atoms with Crippen LogP contribution in [-0.2, 0) is 6.54 Å². The Labute approximate surface area is 74.3 Å². The number of nitrogens with two attached hydrogens (primary N) is 1. The van der Waals surface area contributed by atoms with E-state index in [-0.39, 0.29) is 12.3 Å². The molecule has 0 fully saturated rings. The van der Waals surface area contributed by atoms with Crippen molar-refractivity contribution in [2.75, 3.05) is 0 Å². The second-order valence-corrected chi connectivity index (χ2v) is 2.46. The molecule has 0 aliphatic rings. The van der Waals surface area contributed by atoms with E-state index in [4.69, 9.17) is 5.84 Å². The smallest absolute Gasteiger partial charge is 0.176 e. The molecule has 1 aromatic rings. The number of phenolic OH excluding ortho intramolecular Hbond substituents is 1. The molecule has 70 valence electrons. The van der Waals surface area contributed by atoms with Crippen molar-refractivity contribution < 1.29 is 10.1 Å². The molecule has 0 bridgehead atoms. The van der Waals surface area contributed by atoms with Crippen molar-refractivity contribution in [3.63, 3.8) is 0 Å². The molecule has 3 N–H and O–H groups in total. The first-order valence-electron chi connectivity index (χ1n) is 3.54. The van der Waals surface area contributed by atoms with Crippen LogP contribution in [0.5, 0.6) is 5.75 Å². The lowest BCUT2D eigenvalue weighted by molar-refractivity contribution is -0.662. The fraction of sp³-hybridized carbons (Fsp3) is 0.143. The van der Waals surface area contributed by atoms with Gasteiger partial charge in [0.2, 0.25) is 0 Å². The topological polar surface area (TPSA) is 92.6 Å². The molecule has 0 atom stereocenters. The van der Waals surface area contributed by atoms with Gasteiger partial charge >= 0.3 is 0 Å². The molecule has 13 heavy (non-hydrogen) atoms. The predicted molar refractivity (Wildman–Crippen MR) is 44.8 cm³/mol. The summed E-state index contributed by atoms with van der Waals surface area (Å²) < 4.78 is 0. The Morgan fingerprint density at radius 2 is 2.15 bits per heavy atom. The minimum absolute atomic E-state index is 0.000185. The van der Waals surface area contributed by atoms with E-state index >= 15 is 0 Å². The summed E-state index contributed by atoms with van der Waals surface area (Å²) in [6.45, 7) is -0.125. The Morgan fingerprint density at radius 1 is 1.54 bits per heavy atom. The van der Waals surface area contributed by atoms with Crippen LogP contribution in [0.1, 0.15) is 5.56 Å². The summed E-state index contributed by atoms with van der Waals surface area (Å²) in [6, 6.07) is 6.32. The molecule has 0 saturated heterocycles. The van der Waals surface area contributed by atoms with Crippen LogP contribution >= 0.6 is 0 Å². The zero-order valence-corrected chi connectivity index (χ0v) is 6.75. The third kappa shape index (κ3) is 2.31. The number of rotatable bonds is 3. The van der Waals surface area contributed by atoms with E-state index in [2.05, 4.69) is 0 Å². The Morgan fingerprint density at radius 3 is 2.69 bits per heavy atom. The van der Waals surface area contributed by atoms with Crippen molar-refractivity contribution in [1.29, 1.82) is 0 Å². The van der Waals surface area contributed by atoms with Crippen molar-refractivity contribution in [2.45, 2.75) is 6.54 Å². The number of aromatic hydroxyl groups is 1. The van der Waals surface area contributed by atoms with Gasteiger partial charge in [-0.15, -0.1) is 0 Å². The van der Waals surface area contributed by atoms with Gasteiger partial charge in [0.25, 0.3) is 0 Å². The van der Waals surface area contributed by atoms with Gasteiger partial charge in [-0.1, -0.05) is 23.3 Å². The molecule has 0 heterocycles. The second-order valence-electron chi connectivity index (χ2n) is 2.46. The number of hydrogen-bond acceptors (Lipinski definition) is 4. The highest BCUT2D eigenvalue weighted by Gasteiger charge is 2.10. The van der Waals surface area contributed by atoms with E-state index < -0.39 is 5.03 Å².